The number of Topliss-reactive ketones (excluding diaryl/α,β-unsaturated/α-hetero) is 1. The summed E-state index contributed by atoms with van der Waals surface area (Å²) in [5, 5.41) is 5.31. The highest BCUT2D eigenvalue weighted by atomic mass is 16.5. The first-order valence-electron chi connectivity index (χ1n) is 8.84. The predicted molar refractivity (Wildman–Crippen MR) is 100 cm³/mol. The molecule has 2 amide bonds. The maximum Gasteiger partial charge on any atom is 0.343 e. The Morgan fingerprint density at radius 3 is 2.59 bits per heavy atom. The van der Waals surface area contributed by atoms with Crippen LogP contribution in [0.2, 0.25) is 0 Å². The molecule has 154 valence electrons. The zero-order valence-electron chi connectivity index (χ0n) is 16.2. The highest BCUT2D eigenvalue weighted by Crippen LogP contribution is 2.32. The first kappa shape index (κ1) is 20.2. The molecule has 1 aromatic carbocycles. The van der Waals surface area contributed by atoms with E-state index in [0.29, 0.717) is 17.2 Å². The van der Waals surface area contributed by atoms with E-state index >= 15 is 0 Å². The third-order valence-electron chi connectivity index (χ3n) is 4.77. The number of methoxy groups -OCH3 is 3. The van der Waals surface area contributed by atoms with Crippen LogP contribution in [0.3, 0.4) is 0 Å². The minimum absolute atomic E-state index is 0.142. The Labute approximate surface area is 166 Å². The van der Waals surface area contributed by atoms with Crippen molar-refractivity contribution >= 4 is 29.3 Å². The average molecular weight is 403 g/mol. The minimum atomic E-state index is -0.965. The molecule has 0 radical (unpaired) electrons. The topological polar surface area (TPSA) is 123 Å². The number of ketones is 1. The Balaban J connectivity index is 1.95. The van der Waals surface area contributed by atoms with Crippen LogP contribution in [0.1, 0.15) is 6.42 Å². The van der Waals surface area contributed by atoms with Crippen LogP contribution in [0.4, 0.5) is 5.69 Å². The van der Waals surface area contributed by atoms with Gasteiger partial charge in [0, 0.05) is 25.6 Å². The average Bonchev–Trinajstić information content (AvgIpc) is 2.73. The van der Waals surface area contributed by atoms with E-state index in [4.69, 9.17) is 9.47 Å². The van der Waals surface area contributed by atoms with Crippen LogP contribution < -0.4 is 20.1 Å². The van der Waals surface area contributed by atoms with Crippen molar-refractivity contribution in [3.05, 3.63) is 29.5 Å². The third-order valence-corrected chi connectivity index (χ3v) is 4.77. The molecule has 1 aromatic rings. The Hall–Kier alpha value is -3.56. The number of esters is 1. The standard InChI is InChI=1S/C19H21N3O7/c1-27-10-4-5-14(28-2)11(8-10)21-17(24)12-9-13(23)15(19(26)29-3)16-18(25)20-6-7-22(12)16/h4-5,8,12H,6-7,9H2,1-3H3,(H,20,25)(H,21,24)/t12-/m1/s1. The van der Waals surface area contributed by atoms with Gasteiger partial charge in [0.15, 0.2) is 5.78 Å². The van der Waals surface area contributed by atoms with Gasteiger partial charge in [-0.1, -0.05) is 0 Å². The lowest BCUT2D eigenvalue weighted by Gasteiger charge is -2.40. The molecule has 29 heavy (non-hydrogen) atoms. The van der Waals surface area contributed by atoms with Gasteiger partial charge in [0.25, 0.3) is 5.91 Å². The van der Waals surface area contributed by atoms with Crippen LogP contribution in [-0.4, -0.2) is 68.9 Å². The number of benzene rings is 1. The number of carbonyl (C=O) groups excluding carboxylic acids is 4. The smallest absolute Gasteiger partial charge is 0.343 e. The molecule has 0 aliphatic carbocycles. The van der Waals surface area contributed by atoms with Gasteiger partial charge < -0.3 is 29.7 Å². The zero-order valence-corrected chi connectivity index (χ0v) is 16.2. The lowest BCUT2D eigenvalue weighted by molar-refractivity contribution is -0.141. The second kappa shape index (κ2) is 8.21. The van der Waals surface area contributed by atoms with E-state index in [-0.39, 0.29) is 30.8 Å². The van der Waals surface area contributed by atoms with Gasteiger partial charge in [0.1, 0.15) is 28.8 Å². The molecule has 2 aliphatic rings. The Kier molecular flexibility index (Phi) is 5.71. The number of carbonyl (C=O) groups is 4. The molecular formula is C19H21N3O7. The summed E-state index contributed by atoms with van der Waals surface area (Å²) < 4.78 is 15.1. The quantitative estimate of drug-likeness (QED) is 0.514. The third kappa shape index (κ3) is 3.73. The summed E-state index contributed by atoms with van der Waals surface area (Å²) in [5.41, 5.74) is -0.125. The SMILES string of the molecule is COC(=O)C1=C2C(=O)NCCN2[C@@H](C(=O)Nc2cc(OC)ccc2OC)CC1=O. The molecule has 1 atom stereocenters. The van der Waals surface area contributed by atoms with Crippen LogP contribution in [0.5, 0.6) is 11.5 Å². The van der Waals surface area contributed by atoms with E-state index in [9.17, 15) is 19.2 Å². The number of nitrogens with zero attached hydrogens (tertiary/aromatic N) is 1. The highest BCUT2D eigenvalue weighted by molar-refractivity contribution is 6.24. The van der Waals surface area contributed by atoms with Crippen molar-refractivity contribution in [1.29, 1.82) is 0 Å². The summed E-state index contributed by atoms with van der Waals surface area (Å²) in [7, 11) is 4.08. The van der Waals surface area contributed by atoms with E-state index in [1.165, 1.54) is 19.1 Å². The van der Waals surface area contributed by atoms with Gasteiger partial charge in [-0.05, 0) is 12.1 Å². The van der Waals surface area contributed by atoms with E-state index < -0.39 is 29.6 Å². The molecule has 2 N–H and O–H groups in total. The monoisotopic (exact) mass is 403 g/mol. The van der Waals surface area contributed by atoms with Crippen molar-refractivity contribution < 1.29 is 33.4 Å². The summed E-state index contributed by atoms with van der Waals surface area (Å²) >= 11 is 0. The summed E-state index contributed by atoms with van der Waals surface area (Å²) in [5.74, 6) is -1.73. The van der Waals surface area contributed by atoms with Gasteiger partial charge in [0.05, 0.1) is 27.0 Å². The molecular weight excluding hydrogens is 382 g/mol. The largest absolute Gasteiger partial charge is 0.497 e. The van der Waals surface area contributed by atoms with Gasteiger partial charge in [0.2, 0.25) is 5.91 Å². The first-order chi connectivity index (χ1) is 13.9. The number of hydrogen-bond donors (Lipinski definition) is 2. The van der Waals surface area contributed by atoms with E-state index in [2.05, 4.69) is 15.4 Å². The lowest BCUT2D eigenvalue weighted by Crippen LogP contribution is -2.57. The molecule has 1 saturated heterocycles. The van der Waals surface area contributed by atoms with Crippen LogP contribution in [-0.2, 0) is 23.9 Å². The molecule has 0 aromatic heterocycles. The Bertz CT molecular complexity index is 909. The van der Waals surface area contributed by atoms with Crippen molar-refractivity contribution in [3.8, 4) is 11.5 Å². The maximum atomic E-state index is 13.0. The number of anilines is 1. The number of ether oxygens (including phenoxy) is 3. The fraction of sp³-hybridized carbons (Fsp3) is 0.368. The summed E-state index contributed by atoms with van der Waals surface area (Å²) in [4.78, 5) is 51.5. The van der Waals surface area contributed by atoms with Crippen molar-refractivity contribution in [2.45, 2.75) is 12.5 Å². The molecule has 10 nitrogen and oxygen atoms in total. The highest BCUT2D eigenvalue weighted by Gasteiger charge is 2.44. The fourth-order valence-electron chi connectivity index (χ4n) is 3.38. The predicted octanol–water partition coefficient (Wildman–Crippen LogP) is -0.157. The molecule has 0 bridgehead atoms. The maximum absolute atomic E-state index is 13.0. The summed E-state index contributed by atoms with van der Waals surface area (Å²) in [6.07, 6.45) is -0.265. The first-order valence-corrected chi connectivity index (χ1v) is 8.84. The molecule has 1 fully saturated rings. The number of hydrogen-bond acceptors (Lipinski definition) is 8. The van der Waals surface area contributed by atoms with Crippen LogP contribution in [0.25, 0.3) is 0 Å². The normalized spacial score (nSPS) is 18.6. The van der Waals surface area contributed by atoms with Crippen molar-refractivity contribution in [1.82, 2.24) is 10.2 Å². The van der Waals surface area contributed by atoms with Gasteiger partial charge in [-0.25, -0.2) is 4.79 Å². The van der Waals surface area contributed by atoms with Gasteiger partial charge in [-0.2, -0.15) is 0 Å². The van der Waals surface area contributed by atoms with Crippen molar-refractivity contribution in [3.63, 3.8) is 0 Å². The lowest BCUT2D eigenvalue weighted by atomic mass is 9.92. The van der Waals surface area contributed by atoms with Crippen LogP contribution in [0, 0.1) is 0 Å². The molecule has 3 rings (SSSR count). The Morgan fingerprint density at radius 2 is 1.93 bits per heavy atom. The number of piperazine rings is 1. The number of amides is 2. The van der Waals surface area contributed by atoms with Gasteiger partial charge in [-0.15, -0.1) is 0 Å². The number of fused-ring (bicyclic) bond motifs is 1. The second-order valence-corrected chi connectivity index (χ2v) is 6.36. The number of nitrogens with one attached hydrogen (secondary N) is 2. The van der Waals surface area contributed by atoms with Crippen molar-refractivity contribution in [2.24, 2.45) is 0 Å². The van der Waals surface area contributed by atoms with Gasteiger partial charge in [-0.3, -0.25) is 14.4 Å². The van der Waals surface area contributed by atoms with E-state index in [1.807, 2.05) is 0 Å². The van der Waals surface area contributed by atoms with E-state index in [1.54, 1.807) is 18.2 Å². The van der Waals surface area contributed by atoms with Gasteiger partial charge >= 0.3 is 5.97 Å². The van der Waals surface area contributed by atoms with Crippen LogP contribution >= 0.6 is 0 Å². The fourth-order valence-corrected chi connectivity index (χ4v) is 3.38. The minimum Gasteiger partial charge on any atom is -0.497 e. The molecule has 2 aliphatic heterocycles. The molecule has 0 saturated carbocycles. The number of rotatable bonds is 5. The second-order valence-electron chi connectivity index (χ2n) is 6.36. The summed E-state index contributed by atoms with van der Waals surface area (Å²) in [6.45, 7) is 0.541. The van der Waals surface area contributed by atoms with Crippen molar-refractivity contribution in [2.75, 3.05) is 39.7 Å². The summed E-state index contributed by atoms with van der Waals surface area (Å²) in [6, 6.07) is 3.93. The zero-order chi connectivity index (χ0) is 21.1. The van der Waals surface area contributed by atoms with E-state index in [0.717, 1.165) is 7.11 Å². The molecule has 0 spiro atoms. The molecule has 2 heterocycles. The molecule has 10 heteroatoms. The molecule has 0 unspecified atom stereocenters. The Morgan fingerprint density at radius 1 is 1.17 bits per heavy atom. The van der Waals surface area contributed by atoms with Crippen LogP contribution in [0.15, 0.2) is 29.5 Å².